The summed E-state index contributed by atoms with van der Waals surface area (Å²) in [6.07, 6.45) is 0.706. The summed E-state index contributed by atoms with van der Waals surface area (Å²) in [5.41, 5.74) is 0.934. The Kier molecular flexibility index (Phi) is 7.34. The molecule has 0 aliphatic carbocycles. The highest BCUT2D eigenvalue weighted by Gasteiger charge is 2.23. The Morgan fingerprint density at radius 2 is 1.83 bits per heavy atom. The van der Waals surface area contributed by atoms with E-state index < -0.39 is 0 Å². The predicted octanol–water partition coefficient (Wildman–Crippen LogP) is 0.986. The largest absolute Gasteiger partial charge is 0.374 e. The van der Waals surface area contributed by atoms with Gasteiger partial charge in [-0.05, 0) is 18.6 Å². The molecule has 1 aromatic carbocycles. The molecule has 1 heterocycles. The van der Waals surface area contributed by atoms with Gasteiger partial charge >= 0.3 is 0 Å². The van der Waals surface area contributed by atoms with Gasteiger partial charge in [-0.1, -0.05) is 18.2 Å². The molecule has 24 heavy (non-hydrogen) atoms. The minimum Gasteiger partial charge on any atom is -0.374 e. The monoisotopic (exact) mass is 352 g/mol. The summed E-state index contributed by atoms with van der Waals surface area (Å²) in [4.78, 5) is 27.8. The number of carbonyl (C=O) groups excluding carboxylic acids is 2. The van der Waals surface area contributed by atoms with E-state index in [2.05, 4.69) is 15.5 Å². The van der Waals surface area contributed by atoms with Crippen LogP contribution < -0.4 is 10.6 Å². The van der Waals surface area contributed by atoms with E-state index in [9.17, 15) is 9.59 Å². The van der Waals surface area contributed by atoms with E-state index >= 15 is 0 Å². The molecule has 0 radical (unpaired) electrons. The number of anilines is 1. The van der Waals surface area contributed by atoms with Crippen LogP contribution in [0.25, 0.3) is 0 Å². The summed E-state index contributed by atoms with van der Waals surface area (Å²) < 4.78 is 0. The van der Waals surface area contributed by atoms with Crippen LogP contribution in [-0.2, 0) is 9.59 Å². The molecule has 1 aliphatic heterocycles. The van der Waals surface area contributed by atoms with Crippen molar-refractivity contribution >= 4 is 29.1 Å². The summed E-state index contributed by atoms with van der Waals surface area (Å²) in [7, 11) is 1.65. The summed E-state index contributed by atoms with van der Waals surface area (Å²) in [5, 5.41) is 6.00. The molecule has 1 saturated heterocycles. The lowest BCUT2D eigenvalue weighted by atomic mass is 10.1. The van der Waals surface area contributed by atoms with Gasteiger partial charge in [0.05, 0.1) is 0 Å². The van der Waals surface area contributed by atoms with Crippen molar-refractivity contribution in [3.05, 3.63) is 30.3 Å². The number of piperazine rings is 1. The van der Waals surface area contributed by atoms with Crippen LogP contribution in [-0.4, -0.2) is 73.3 Å². The Labute approximate surface area is 148 Å². The van der Waals surface area contributed by atoms with Crippen molar-refractivity contribution in [1.82, 2.24) is 15.1 Å². The summed E-state index contributed by atoms with van der Waals surface area (Å²) in [6, 6.07) is 9.45. The molecule has 0 spiro atoms. The van der Waals surface area contributed by atoms with Gasteiger partial charge in [-0.15, -0.1) is 11.6 Å². The number of para-hydroxylation sites is 1. The minimum atomic E-state index is -0.278. The summed E-state index contributed by atoms with van der Waals surface area (Å²) in [6.45, 7) is 3.83. The SMILES string of the molecule is CNC(=O)C(CCN1CCN(C(=O)CCl)CC1)Nc1ccccc1. The van der Waals surface area contributed by atoms with Gasteiger partial charge in [0.1, 0.15) is 11.9 Å². The molecular weight excluding hydrogens is 328 g/mol. The van der Waals surface area contributed by atoms with Gasteiger partial charge in [0.15, 0.2) is 0 Å². The fraction of sp³-hybridized carbons (Fsp3) is 0.529. The zero-order valence-electron chi connectivity index (χ0n) is 14.0. The van der Waals surface area contributed by atoms with Crippen LogP contribution in [0.1, 0.15) is 6.42 Å². The number of likely N-dealkylation sites (N-methyl/N-ethyl adjacent to an activating group) is 1. The first-order chi connectivity index (χ1) is 11.6. The Morgan fingerprint density at radius 3 is 2.42 bits per heavy atom. The molecule has 2 rings (SSSR count). The molecule has 132 valence electrons. The molecule has 1 aromatic rings. The first-order valence-corrected chi connectivity index (χ1v) is 8.76. The van der Waals surface area contributed by atoms with Gasteiger partial charge in [0.2, 0.25) is 11.8 Å². The van der Waals surface area contributed by atoms with Gasteiger partial charge in [0, 0.05) is 45.5 Å². The second-order valence-electron chi connectivity index (χ2n) is 5.82. The predicted molar refractivity (Wildman–Crippen MR) is 96.3 cm³/mol. The summed E-state index contributed by atoms with van der Waals surface area (Å²) in [5.74, 6) is 0.0137. The molecule has 1 atom stereocenters. The van der Waals surface area contributed by atoms with E-state index in [-0.39, 0.29) is 23.7 Å². The van der Waals surface area contributed by atoms with Crippen molar-refractivity contribution in [2.45, 2.75) is 12.5 Å². The van der Waals surface area contributed by atoms with E-state index in [1.165, 1.54) is 0 Å². The number of nitrogens with zero attached hydrogens (tertiary/aromatic N) is 2. The highest BCUT2D eigenvalue weighted by atomic mass is 35.5. The number of halogens is 1. The van der Waals surface area contributed by atoms with Crippen LogP contribution in [0.5, 0.6) is 0 Å². The smallest absolute Gasteiger partial charge is 0.242 e. The van der Waals surface area contributed by atoms with E-state index in [0.717, 1.165) is 25.3 Å². The number of carbonyl (C=O) groups is 2. The van der Waals surface area contributed by atoms with Crippen molar-refractivity contribution in [3.8, 4) is 0 Å². The standard InChI is InChI=1S/C17H25ClN4O2/c1-19-17(24)15(20-14-5-3-2-4-6-14)7-8-21-9-11-22(12-10-21)16(23)13-18/h2-6,15,20H,7-13H2,1H3,(H,19,24). The molecule has 1 fully saturated rings. The first kappa shape index (κ1) is 18.5. The van der Waals surface area contributed by atoms with E-state index in [1.807, 2.05) is 30.3 Å². The van der Waals surface area contributed by atoms with E-state index in [1.54, 1.807) is 11.9 Å². The van der Waals surface area contributed by atoms with Crippen molar-refractivity contribution in [3.63, 3.8) is 0 Å². The maximum atomic E-state index is 12.1. The molecule has 6 nitrogen and oxygen atoms in total. The molecule has 0 aromatic heterocycles. The minimum absolute atomic E-state index is 0.00898. The van der Waals surface area contributed by atoms with E-state index in [4.69, 9.17) is 11.6 Å². The average molecular weight is 353 g/mol. The maximum Gasteiger partial charge on any atom is 0.242 e. The van der Waals surface area contributed by atoms with Crippen molar-refractivity contribution in [1.29, 1.82) is 0 Å². The third-order valence-corrected chi connectivity index (χ3v) is 4.48. The van der Waals surface area contributed by atoms with Crippen LogP contribution >= 0.6 is 11.6 Å². The quantitative estimate of drug-likeness (QED) is 0.718. The van der Waals surface area contributed by atoms with Gasteiger partial charge in [-0.3, -0.25) is 14.5 Å². The molecule has 2 amide bonds. The molecule has 1 aliphatic rings. The van der Waals surface area contributed by atoms with Crippen LogP contribution in [0.2, 0.25) is 0 Å². The van der Waals surface area contributed by atoms with Crippen LogP contribution in [0, 0.1) is 0 Å². The van der Waals surface area contributed by atoms with Crippen molar-refractivity contribution in [2.75, 3.05) is 51.0 Å². The lowest BCUT2D eigenvalue weighted by Gasteiger charge is -2.35. The van der Waals surface area contributed by atoms with Gasteiger partial charge in [-0.25, -0.2) is 0 Å². The Morgan fingerprint density at radius 1 is 1.17 bits per heavy atom. The highest BCUT2D eigenvalue weighted by molar-refractivity contribution is 6.27. The Balaban J connectivity index is 1.83. The number of hydrogen-bond donors (Lipinski definition) is 2. The second kappa shape index (κ2) is 9.49. The third-order valence-electron chi connectivity index (χ3n) is 4.25. The third kappa shape index (κ3) is 5.39. The van der Waals surface area contributed by atoms with Gasteiger partial charge < -0.3 is 15.5 Å². The topological polar surface area (TPSA) is 64.7 Å². The molecule has 2 N–H and O–H groups in total. The maximum absolute atomic E-state index is 12.1. The number of nitrogens with one attached hydrogen (secondary N) is 2. The fourth-order valence-corrected chi connectivity index (χ4v) is 2.96. The molecule has 0 saturated carbocycles. The Bertz CT molecular complexity index is 533. The molecule has 0 bridgehead atoms. The number of rotatable bonds is 7. The first-order valence-electron chi connectivity index (χ1n) is 8.23. The molecule has 1 unspecified atom stereocenters. The molecule has 7 heteroatoms. The van der Waals surface area contributed by atoms with Crippen LogP contribution in [0.3, 0.4) is 0 Å². The lowest BCUT2D eigenvalue weighted by molar-refractivity contribution is -0.130. The Hall–Kier alpha value is -1.79. The zero-order chi connectivity index (χ0) is 17.4. The van der Waals surface area contributed by atoms with Crippen molar-refractivity contribution in [2.24, 2.45) is 0 Å². The average Bonchev–Trinajstić information content (AvgIpc) is 2.65. The van der Waals surface area contributed by atoms with Crippen LogP contribution in [0.4, 0.5) is 5.69 Å². The zero-order valence-corrected chi connectivity index (χ0v) is 14.8. The normalized spacial score (nSPS) is 16.5. The number of amides is 2. The van der Waals surface area contributed by atoms with Crippen molar-refractivity contribution < 1.29 is 9.59 Å². The van der Waals surface area contributed by atoms with E-state index in [0.29, 0.717) is 19.5 Å². The number of hydrogen-bond acceptors (Lipinski definition) is 4. The number of benzene rings is 1. The van der Waals surface area contributed by atoms with Gasteiger partial charge in [-0.2, -0.15) is 0 Å². The highest BCUT2D eigenvalue weighted by Crippen LogP contribution is 2.11. The van der Waals surface area contributed by atoms with Gasteiger partial charge in [0.25, 0.3) is 0 Å². The fourth-order valence-electron chi connectivity index (χ4n) is 2.80. The lowest BCUT2D eigenvalue weighted by Crippen LogP contribution is -2.50. The summed E-state index contributed by atoms with van der Waals surface area (Å²) >= 11 is 5.59. The van der Waals surface area contributed by atoms with Crippen LogP contribution in [0.15, 0.2) is 30.3 Å². The second-order valence-corrected chi connectivity index (χ2v) is 6.09. The number of alkyl halides is 1. The molecular formula is C17H25ClN4O2.